The van der Waals surface area contributed by atoms with Crippen molar-refractivity contribution in [1.82, 2.24) is 10.6 Å². The molecule has 0 fully saturated rings. The van der Waals surface area contributed by atoms with Crippen molar-refractivity contribution in [3.05, 3.63) is 0 Å². The minimum absolute atomic E-state index is 0.674. The van der Waals surface area contributed by atoms with Crippen molar-refractivity contribution in [3.8, 4) is 0 Å². The van der Waals surface area contributed by atoms with Gasteiger partial charge in [0.25, 0.3) is 0 Å². The molecule has 0 radical (unpaired) electrons. The Kier molecular flexibility index (Phi) is 8.04. The second-order valence-electron chi connectivity index (χ2n) is 3.30. The van der Waals surface area contributed by atoms with Gasteiger partial charge >= 0.3 is 0 Å². The van der Waals surface area contributed by atoms with Crippen molar-refractivity contribution in [1.29, 1.82) is 0 Å². The van der Waals surface area contributed by atoms with Crippen molar-refractivity contribution in [2.45, 2.75) is 20.3 Å². The van der Waals surface area contributed by atoms with Crippen molar-refractivity contribution < 1.29 is 4.74 Å². The minimum Gasteiger partial charge on any atom is -0.380 e. The lowest BCUT2D eigenvalue weighted by atomic mass is 10.1. The van der Waals surface area contributed by atoms with Gasteiger partial charge in [-0.25, -0.2) is 0 Å². The van der Waals surface area contributed by atoms with Gasteiger partial charge in [0, 0.05) is 20.2 Å². The molecule has 0 bridgehead atoms. The van der Waals surface area contributed by atoms with E-state index >= 15 is 0 Å². The van der Waals surface area contributed by atoms with Gasteiger partial charge in [-0.2, -0.15) is 0 Å². The van der Waals surface area contributed by atoms with Crippen LogP contribution in [0.4, 0.5) is 0 Å². The van der Waals surface area contributed by atoms with Crippen LogP contribution in [-0.2, 0) is 4.74 Å². The van der Waals surface area contributed by atoms with E-state index in [1.165, 1.54) is 0 Å². The molecule has 0 aliphatic carbocycles. The average Bonchev–Trinajstić information content (AvgIpc) is 2.10. The number of nitrogens with one attached hydrogen (secondary N) is 2. The Hall–Kier alpha value is -0.350. The third kappa shape index (κ3) is 9.56. The molecule has 0 aromatic rings. The van der Waals surface area contributed by atoms with Crippen LogP contribution in [0.5, 0.6) is 0 Å². The molecule has 0 spiro atoms. The molecule has 0 aliphatic rings. The molecule has 0 saturated carbocycles. The summed E-state index contributed by atoms with van der Waals surface area (Å²) < 4.78 is 5.39. The maximum absolute atomic E-state index is 5.39. The zero-order chi connectivity index (χ0) is 10.1. The van der Waals surface area contributed by atoms with Crippen LogP contribution in [0.3, 0.4) is 0 Å². The Labute approximate surface area is 86.2 Å². The SMILES string of the molecule is CNC(=S)NCCOCCC(C)C. The number of hydrogen-bond acceptors (Lipinski definition) is 2. The topological polar surface area (TPSA) is 33.3 Å². The van der Waals surface area contributed by atoms with E-state index in [4.69, 9.17) is 17.0 Å². The standard InChI is InChI=1S/C9H20N2OS/c1-8(2)4-6-12-7-5-11-9(13)10-3/h8H,4-7H2,1-3H3,(H2,10,11,13). The summed E-state index contributed by atoms with van der Waals surface area (Å²) in [5.41, 5.74) is 0. The second-order valence-corrected chi connectivity index (χ2v) is 3.71. The Morgan fingerprint density at radius 3 is 2.62 bits per heavy atom. The van der Waals surface area contributed by atoms with Crippen LogP contribution in [0.1, 0.15) is 20.3 Å². The first kappa shape index (κ1) is 12.7. The Bertz CT molecular complexity index is 140. The first-order chi connectivity index (χ1) is 6.16. The maximum Gasteiger partial charge on any atom is 0.166 e. The predicted molar refractivity (Wildman–Crippen MR) is 59.9 cm³/mol. The van der Waals surface area contributed by atoms with E-state index in [1.807, 2.05) is 0 Å². The fourth-order valence-electron chi connectivity index (χ4n) is 0.746. The predicted octanol–water partition coefficient (Wildman–Crippen LogP) is 1.14. The van der Waals surface area contributed by atoms with Crippen LogP contribution in [0.25, 0.3) is 0 Å². The molecule has 78 valence electrons. The molecule has 0 amide bonds. The largest absolute Gasteiger partial charge is 0.380 e. The minimum atomic E-state index is 0.674. The van der Waals surface area contributed by atoms with Gasteiger partial charge in [0.2, 0.25) is 0 Å². The molecule has 0 unspecified atom stereocenters. The summed E-state index contributed by atoms with van der Waals surface area (Å²) in [6.07, 6.45) is 1.12. The van der Waals surface area contributed by atoms with E-state index in [0.717, 1.165) is 19.6 Å². The number of thiocarbonyl (C=S) groups is 1. The van der Waals surface area contributed by atoms with E-state index in [0.29, 0.717) is 17.6 Å². The molecule has 13 heavy (non-hydrogen) atoms. The van der Waals surface area contributed by atoms with Crippen LogP contribution in [0, 0.1) is 5.92 Å². The number of hydrogen-bond donors (Lipinski definition) is 2. The maximum atomic E-state index is 5.39. The zero-order valence-corrected chi connectivity index (χ0v) is 9.54. The molecule has 0 atom stereocenters. The molecule has 0 aromatic carbocycles. The fourth-order valence-corrected chi connectivity index (χ4v) is 0.848. The van der Waals surface area contributed by atoms with E-state index in [9.17, 15) is 0 Å². The zero-order valence-electron chi connectivity index (χ0n) is 8.72. The van der Waals surface area contributed by atoms with Crippen molar-refractivity contribution in [3.63, 3.8) is 0 Å². The highest BCUT2D eigenvalue weighted by molar-refractivity contribution is 7.80. The van der Waals surface area contributed by atoms with E-state index in [-0.39, 0.29) is 0 Å². The lowest BCUT2D eigenvalue weighted by molar-refractivity contribution is 0.128. The summed E-state index contributed by atoms with van der Waals surface area (Å²) in [6.45, 7) is 6.72. The summed E-state index contributed by atoms with van der Waals surface area (Å²) in [5, 5.41) is 6.53. The molecule has 0 saturated heterocycles. The van der Waals surface area contributed by atoms with Crippen LogP contribution in [-0.4, -0.2) is 31.9 Å². The van der Waals surface area contributed by atoms with Crippen LogP contribution < -0.4 is 10.6 Å². The van der Waals surface area contributed by atoms with Crippen LogP contribution in [0.2, 0.25) is 0 Å². The fraction of sp³-hybridized carbons (Fsp3) is 0.889. The smallest absolute Gasteiger partial charge is 0.166 e. The van der Waals surface area contributed by atoms with Crippen LogP contribution >= 0.6 is 12.2 Å². The molecule has 4 heteroatoms. The van der Waals surface area contributed by atoms with Gasteiger partial charge in [-0.1, -0.05) is 13.8 Å². The molecular weight excluding hydrogens is 184 g/mol. The number of rotatable bonds is 6. The summed E-state index contributed by atoms with van der Waals surface area (Å²) in [7, 11) is 1.80. The molecule has 0 rings (SSSR count). The normalized spacial score (nSPS) is 10.2. The van der Waals surface area contributed by atoms with Gasteiger partial charge in [0.15, 0.2) is 5.11 Å². The molecule has 0 aliphatic heterocycles. The molecule has 0 aromatic heterocycles. The Morgan fingerprint density at radius 1 is 1.38 bits per heavy atom. The van der Waals surface area contributed by atoms with Crippen molar-refractivity contribution >= 4 is 17.3 Å². The number of ether oxygens (including phenoxy) is 1. The molecule has 0 heterocycles. The quantitative estimate of drug-likeness (QED) is 0.502. The van der Waals surface area contributed by atoms with Gasteiger partial charge < -0.3 is 15.4 Å². The molecule has 2 N–H and O–H groups in total. The summed E-state index contributed by atoms with van der Waals surface area (Å²) >= 11 is 4.90. The lowest BCUT2D eigenvalue weighted by Gasteiger charge is -2.08. The first-order valence-corrected chi connectivity index (χ1v) is 5.11. The van der Waals surface area contributed by atoms with Crippen molar-refractivity contribution in [2.75, 3.05) is 26.8 Å². The highest BCUT2D eigenvalue weighted by Gasteiger charge is 1.94. The first-order valence-electron chi connectivity index (χ1n) is 4.70. The van der Waals surface area contributed by atoms with Gasteiger partial charge in [0.05, 0.1) is 6.61 Å². The second kappa shape index (κ2) is 8.26. The average molecular weight is 204 g/mol. The summed E-state index contributed by atoms with van der Waals surface area (Å²) in [5.74, 6) is 0.714. The molecule has 3 nitrogen and oxygen atoms in total. The van der Waals surface area contributed by atoms with E-state index < -0.39 is 0 Å². The Morgan fingerprint density at radius 2 is 2.08 bits per heavy atom. The van der Waals surface area contributed by atoms with Crippen LogP contribution in [0.15, 0.2) is 0 Å². The van der Waals surface area contributed by atoms with Crippen molar-refractivity contribution in [2.24, 2.45) is 5.92 Å². The van der Waals surface area contributed by atoms with Gasteiger partial charge in [0.1, 0.15) is 0 Å². The van der Waals surface area contributed by atoms with E-state index in [2.05, 4.69) is 24.5 Å². The van der Waals surface area contributed by atoms with Gasteiger partial charge in [-0.3, -0.25) is 0 Å². The molecular formula is C9H20N2OS. The van der Waals surface area contributed by atoms with Gasteiger partial charge in [-0.05, 0) is 24.6 Å². The summed E-state index contributed by atoms with van der Waals surface area (Å²) in [6, 6.07) is 0. The van der Waals surface area contributed by atoms with E-state index in [1.54, 1.807) is 7.05 Å². The Balaban J connectivity index is 3.04. The van der Waals surface area contributed by atoms with Gasteiger partial charge in [-0.15, -0.1) is 0 Å². The third-order valence-electron chi connectivity index (χ3n) is 1.60. The highest BCUT2D eigenvalue weighted by Crippen LogP contribution is 1.97. The third-order valence-corrected chi connectivity index (χ3v) is 1.95. The summed E-state index contributed by atoms with van der Waals surface area (Å²) in [4.78, 5) is 0. The lowest BCUT2D eigenvalue weighted by Crippen LogP contribution is -2.34. The highest BCUT2D eigenvalue weighted by atomic mass is 32.1. The monoisotopic (exact) mass is 204 g/mol.